The molecule has 0 N–H and O–H groups in total. The van der Waals surface area contributed by atoms with Gasteiger partial charge < -0.3 is 4.74 Å². The van der Waals surface area contributed by atoms with Crippen LogP contribution in [-0.4, -0.2) is 16.8 Å². The van der Waals surface area contributed by atoms with Crippen LogP contribution >= 0.6 is 0 Å². The van der Waals surface area contributed by atoms with Crippen molar-refractivity contribution in [3.63, 3.8) is 0 Å². The zero-order valence-electron chi connectivity index (χ0n) is 17.7. The molecule has 0 aliphatic heterocycles. The van der Waals surface area contributed by atoms with E-state index in [1.807, 2.05) is 12.1 Å². The van der Waals surface area contributed by atoms with Crippen LogP contribution in [0.3, 0.4) is 0 Å². The van der Waals surface area contributed by atoms with Crippen molar-refractivity contribution in [2.24, 2.45) is 11.8 Å². The number of hydrogen-bond acceptors (Lipinski definition) is 3. The molecule has 0 spiro atoms. The second-order valence-electron chi connectivity index (χ2n) is 8.51. The third-order valence-corrected chi connectivity index (χ3v) is 6.08. The van der Waals surface area contributed by atoms with Gasteiger partial charge in [0, 0.05) is 5.56 Å². The normalized spacial score (nSPS) is 19.5. The number of aromatic nitrogens is 2. The average molecular weight is 381 g/mol. The molecule has 28 heavy (non-hydrogen) atoms. The molecule has 1 heterocycles. The van der Waals surface area contributed by atoms with E-state index in [-0.39, 0.29) is 0 Å². The van der Waals surface area contributed by atoms with Crippen molar-refractivity contribution in [2.45, 2.75) is 78.1 Å². The highest BCUT2D eigenvalue weighted by Crippen LogP contribution is 2.31. The average Bonchev–Trinajstić information content (AvgIpc) is 2.74. The molecule has 0 atom stereocenters. The lowest BCUT2D eigenvalue weighted by atomic mass is 9.81. The molecule has 1 fully saturated rings. The van der Waals surface area contributed by atoms with E-state index in [0.717, 1.165) is 54.0 Å². The van der Waals surface area contributed by atoms with E-state index < -0.39 is 0 Å². The second-order valence-corrected chi connectivity index (χ2v) is 8.51. The van der Waals surface area contributed by atoms with Gasteiger partial charge in [-0.1, -0.05) is 58.8 Å². The maximum atomic E-state index is 5.82. The number of benzene rings is 1. The first-order valence-corrected chi connectivity index (χ1v) is 11.3. The molecule has 0 bridgehead atoms. The molecule has 1 aromatic heterocycles. The van der Waals surface area contributed by atoms with Crippen molar-refractivity contribution in [1.82, 2.24) is 10.2 Å². The maximum Gasteiger partial charge on any atom is 0.119 e. The first kappa shape index (κ1) is 20.8. The van der Waals surface area contributed by atoms with Crippen LogP contribution < -0.4 is 4.74 Å². The monoisotopic (exact) mass is 380 g/mol. The second kappa shape index (κ2) is 11.2. The fourth-order valence-electron chi connectivity index (χ4n) is 4.06. The summed E-state index contributed by atoms with van der Waals surface area (Å²) in [6.45, 7) is 5.41. The van der Waals surface area contributed by atoms with E-state index in [2.05, 4.69) is 48.3 Å². The number of rotatable bonds is 10. The molecule has 0 unspecified atom stereocenters. The number of aryl methyl sites for hydroxylation is 1. The van der Waals surface area contributed by atoms with Crippen LogP contribution in [0.1, 0.15) is 77.3 Å². The van der Waals surface area contributed by atoms with Crippen LogP contribution in [0, 0.1) is 11.8 Å². The summed E-state index contributed by atoms with van der Waals surface area (Å²) in [5.74, 6) is 2.74. The van der Waals surface area contributed by atoms with Gasteiger partial charge in [0.1, 0.15) is 5.75 Å². The van der Waals surface area contributed by atoms with Crippen molar-refractivity contribution >= 4 is 0 Å². The molecule has 0 amide bonds. The summed E-state index contributed by atoms with van der Waals surface area (Å²) in [6, 6.07) is 12.5. The third kappa shape index (κ3) is 6.61. The van der Waals surface area contributed by atoms with Gasteiger partial charge in [0.25, 0.3) is 0 Å². The Morgan fingerprint density at radius 3 is 2.36 bits per heavy atom. The van der Waals surface area contributed by atoms with E-state index in [0.29, 0.717) is 0 Å². The molecule has 1 aliphatic carbocycles. The Kier molecular flexibility index (Phi) is 8.32. The van der Waals surface area contributed by atoms with Crippen molar-refractivity contribution in [2.75, 3.05) is 6.61 Å². The molecule has 0 saturated heterocycles. The van der Waals surface area contributed by atoms with E-state index in [1.165, 1.54) is 51.4 Å². The summed E-state index contributed by atoms with van der Waals surface area (Å²) in [5, 5.41) is 8.93. The smallest absolute Gasteiger partial charge is 0.119 e. The number of unbranched alkanes of at least 4 members (excludes halogenated alkanes) is 3. The standard InChI is InChI=1S/C25H36N2O/c1-3-4-5-6-19-28-24-16-12-22(13-17-24)25-18-15-23(26-27-25)14-11-21-9-7-20(2)8-10-21/h12-13,15-18,20-21H,3-11,14,19H2,1-2H3. The van der Waals surface area contributed by atoms with Crippen LogP contribution in [-0.2, 0) is 6.42 Å². The fourth-order valence-corrected chi connectivity index (χ4v) is 4.06. The van der Waals surface area contributed by atoms with E-state index in [1.54, 1.807) is 0 Å². The molecule has 3 nitrogen and oxygen atoms in total. The van der Waals surface area contributed by atoms with Crippen LogP contribution in [0.5, 0.6) is 5.75 Å². The summed E-state index contributed by atoms with van der Waals surface area (Å²) < 4.78 is 5.82. The Labute approximate surface area is 170 Å². The summed E-state index contributed by atoms with van der Waals surface area (Å²) in [6.07, 6.45) is 12.8. The van der Waals surface area contributed by atoms with E-state index in [9.17, 15) is 0 Å². The highest BCUT2D eigenvalue weighted by atomic mass is 16.5. The van der Waals surface area contributed by atoms with Crippen LogP contribution in [0.2, 0.25) is 0 Å². The van der Waals surface area contributed by atoms with Gasteiger partial charge in [-0.3, -0.25) is 0 Å². The minimum atomic E-state index is 0.799. The van der Waals surface area contributed by atoms with Gasteiger partial charge in [0.15, 0.2) is 0 Å². The van der Waals surface area contributed by atoms with Crippen molar-refractivity contribution in [3.8, 4) is 17.0 Å². The SMILES string of the molecule is CCCCCCOc1ccc(-c2ccc(CCC3CCC(C)CC3)nn2)cc1. The van der Waals surface area contributed by atoms with Crippen molar-refractivity contribution in [1.29, 1.82) is 0 Å². The van der Waals surface area contributed by atoms with Gasteiger partial charge in [0.2, 0.25) is 0 Å². The maximum absolute atomic E-state index is 5.82. The number of nitrogens with zero attached hydrogens (tertiary/aromatic N) is 2. The molecule has 1 aromatic carbocycles. The lowest BCUT2D eigenvalue weighted by molar-refractivity contribution is 0.277. The zero-order valence-corrected chi connectivity index (χ0v) is 17.7. The molecule has 3 rings (SSSR count). The molecule has 1 aliphatic rings. The minimum absolute atomic E-state index is 0.799. The lowest BCUT2D eigenvalue weighted by Gasteiger charge is -2.25. The summed E-state index contributed by atoms with van der Waals surface area (Å²) >= 11 is 0. The summed E-state index contributed by atoms with van der Waals surface area (Å²) in [4.78, 5) is 0. The van der Waals surface area contributed by atoms with Crippen LogP contribution in [0.15, 0.2) is 36.4 Å². The summed E-state index contributed by atoms with van der Waals surface area (Å²) in [5.41, 5.74) is 3.15. The number of ether oxygens (including phenoxy) is 1. The topological polar surface area (TPSA) is 35.0 Å². The molecular formula is C25H36N2O. The first-order chi connectivity index (χ1) is 13.7. The van der Waals surface area contributed by atoms with Gasteiger partial charge in [-0.05, 0) is 67.5 Å². The van der Waals surface area contributed by atoms with Crippen LogP contribution in [0.4, 0.5) is 0 Å². The van der Waals surface area contributed by atoms with E-state index in [4.69, 9.17) is 4.74 Å². The zero-order chi connectivity index (χ0) is 19.6. The molecular weight excluding hydrogens is 344 g/mol. The largest absolute Gasteiger partial charge is 0.494 e. The predicted octanol–water partition coefficient (Wildman–Crippen LogP) is 6.86. The van der Waals surface area contributed by atoms with Gasteiger partial charge in [-0.15, -0.1) is 0 Å². The highest BCUT2D eigenvalue weighted by molar-refractivity contribution is 5.59. The van der Waals surface area contributed by atoms with Gasteiger partial charge >= 0.3 is 0 Å². The fraction of sp³-hybridized carbons (Fsp3) is 0.600. The van der Waals surface area contributed by atoms with Crippen molar-refractivity contribution in [3.05, 3.63) is 42.1 Å². The first-order valence-electron chi connectivity index (χ1n) is 11.3. The highest BCUT2D eigenvalue weighted by Gasteiger charge is 2.18. The van der Waals surface area contributed by atoms with Crippen molar-refractivity contribution < 1.29 is 4.74 Å². The van der Waals surface area contributed by atoms with Crippen LogP contribution in [0.25, 0.3) is 11.3 Å². The Morgan fingerprint density at radius 1 is 0.893 bits per heavy atom. The Bertz CT molecular complexity index is 673. The molecule has 3 heteroatoms. The third-order valence-electron chi connectivity index (χ3n) is 6.08. The van der Waals surface area contributed by atoms with Gasteiger partial charge in [-0.2, -0.15) is 10.2 Å². The van der Waals surface area contributed by atoms with E-state index >= 15 is 0 Å². The van der Waals surface area contributed by atoms with Gasteiger partial charge in [0.05, 0.1) is 18.0 Å². The molecule has 152 valence electrons. The Balaban J connectivity index is 1.45. The quantitative estimate of drug-likeness (QED) is 0.422. The Hall–Kier alpha value is -1.90. The molecule has 0 radical (unpaired) electrons. The van der Waals surface area contributed by atoms with Gasteiger partial charge in [-0.25, -0.2) is 0 Å². The summed E-state index contributed by atoms with van der Waals surface area (Å²) in [7, 11) is 0. The minimum Gasteiger partial charge on any atom is -0.494 e. The molecule has 2 aromatic rings. The Morgan fingerprint density at radius 2 is 1.68 bits per heavy atom. The predicted molar refractivity (Wildman–Crippen MR) is 117 cm³/mol. The lowest BCUT2D eigenvalue weighted by Crippen LogP contribution is -2.13. The number of hydrogen-bond donors (Lipinski definition) is 0. The molecule has 1 saturated carbocycles.